The molecule has 0 aliphatic rings. The summed E-state index contributed by atoms with van der Waals surface area (Å²) >= 11 is 5.23. The second kappa shape index (κ2) is 4.05. The first kappa shape index (κ1) is 9.74. The van der Waals surface area contributed by atoms with Crippen molar-refractivity contribution in [3.05, 3.63) is 35.4 Å². The lowest BCUT2D eigenvalue weighted by molar-refractivity contribution is -0.117. The van der Waals surface area contributed by atoms with Gasteiger partial charge in [0.15, 0.2) is 0 Å². The lowest BCUT2D eigenvalue weighted by Gasteiger charge is -1.97. The molecule has 2 N–H and O–H groups in total. The summed E-state index contributed by atoms with van der Waals surface area (Å²) in [5.41, 5.74) is 6.17. The highest BCUT2D eigenvalue weighted by atomic mass is 35.5. The van der Waals surface area contributed by atoms with E-state index in [2.05, 4.69) is 0 Å². The van der Waals surface area contributed by atoms with Crippen LogP contribution in [0.3, 0.4) is 0 Å². The van der Waals surface area contributed by atoms with E-state index in [0.29, 0.717) is 5.56 Å². The predicted molar refractivity (Wildman–Crippen MR) is 49.5 cm³/mol. The Morgan fingerprint density at radius 2 is 1.77 bits per heavy atom. The average molecular weight is 198 g/mol. The van der Waals surface area contributed by atoms with Crippen LogP contribution in [0, 0.1) is 0 Å². The summed E-state index contributed by atoms with van der Waals surface area (Å²) in [6.45, 7) is 0. The van der Waals surface area contributed by atoms with Gasteiger partial charge in [0.25, 0.3) is 5.24 Å². The summed E-state index contributed by atoms with van der Waals surface area (Å²) in [6, 6.07) is 6.43. The van der Waals surface area contributed by atoms with E-state index in [0.717, 1.165) is 5.56 Å². The van der Waals surface area contributed by atoms with Gasteiger partial charge in [-0.3, -0.25) is 9.59 Å². The van der Waals surface area contributed by atoms with E-state index in [4.69, 9.17) is 17.3 Å². The Balaban J connectivity index is 2.81. The zero-order valence-electron chi connectivity index (χ0n) is 6.79. The van der Waals surface area contributed by atoms with E-state index in [1.807, 2.05) is 0 Å². The molecule has 0 radical (unpaired) electrons. The van der Waals surface area contributed by atoms with Gasteiger partial charge in [-0.1, -0.05) is 12.1 Å². The van der Waals surface area contributed by atoms with Crippen LogP contribution in [0.4, 0.5) is 0 Å². The number of carbonyl (C=O) groups excluding carboxylic acids is 2. The van der Waals surface area contributed by atoms with Crippen molar-refractivity contribution in [3.63, 3.8) is 0 Å². The van der Waals surface area contributed by atoms with Crippen LogP contribution >= 0.6 is 11.6 Å². The molecule has 0 atom stereocenters. The molecule has 13 heavy (non-hydrogen) atoms. The smallest absolute Gasteiger partial charge is 0.252 e. The minimum absolute atomic E-state index is 0.177. The lowest BCUT2D eigenvalue weighted by Crippen LogP contribution is -2.13. The van der Waals surface area contributed by atoms with Crippen molar-refractivity contribution in [2.75, 3.05) is 0 Å². The van der Waals surface area contributed by atoms with Gasteiger partial charge in [0.2, 0.25) is 5.91 Å². The first-order valence-corrected chi connectivity index (χ1v) is 4.04. The van der Waals surface area contributed by atoms with Crippen molar-refractivity contribution in [1.29, 1.82) is 0 Å². The van der Waals surface area contributed by atoms with Crippen molar-refractivity contribution < 1.29 is 9.59 Å². The number of carbonyl (C=O) groups is 2. The maximum atomic E-state index is 10.7. The number of amides is 1. The molecule has 0 heterocycles. The molecule has 0 aromatic heterocycles. The topological polar surface area (TPSA) is 60.2 Å². The molecule has 1 rings (SSSR count). The Morgan fingerprint density at radius 3 is 2.15 bits per heavy atom. The van der Waals surface area contributed by atoms with Crippen LogP contribution in [0.15, 0.2) is 24.3 Å². The Kier molecular flexibility index (Phi) is 3.03. The molecule has 0 spiro atoms. The van der Waals surface area contributed by atoms with Gasteiger partial charge < -0.3 is 5.73 Å². The largest absolute Gasteiger partial charge is 0.369 e. The number of rotatable bonds is 3. The molecule has 1 aromatic carbocycles. The fourth-order valence-corrected chi connectivity index (χ4v) is 1.08. The highest BCUT2D eigenvalue weighted by Gasteiger charge is 2.02. The second-order valence-corrected chi connectivity index (χ2v) is 2.96. The SMILES string of the molecule is NC(=O)Cc1ccc(C(=O)Cl)cc1. The fraction of sp³-hybridized carbons (Fsp3) is 0.111. The molecule has 0 saturated heterocycles. The number of benzene rings is 1. The second-order valence-electron chi connectivity index (χ2n) is 2.61. The van der Waals surface area contributed by atoms with Crippen molar-refractivity contribution in [1.82, 2.24) is 0 Å². The van der Waals surface area contributed by atoms with Crippen LogP contribution < -0.4 is 5.73 Å². The molecular formula is C9H8ClNO2. The van der Waals surface area contributed by atoms with Crippen molar-refractivity contribution in [2.24, 2.45) is 5.73 Å². The quantitative estimate of drug-likeness (QED) is 0.738. The summed E-state index contributed by atoms with van der Waals surface area (Å²) in [6.07, 6.45) is 0.177. The molecule has 0 saturated carbocycles. The summed E-state index contributed by atoms with van der Waals surface area (Å²) < 4.78 is 0. The Morgan fingerprint density at radius 1 is 1.23 bits per heavy atom. The molecule has 0 bridgehead atoms. The molecule has 0 fully saturated rings. The van der Waals surface area contributed by atoms with Gasteiger partial charge in [0.1, 0.15) is 0 Å². The molecule has 1 amide bonds. The highest BCUT2D eigenvalue weighted by Crippen LogP contribution is 2.07. The summed E-state index contributed by atoms with van der Waals surface area (Å²) in [4.78, 5) is 21.2. The first-order chi connectivity index (χ1) is 6.09. The third kappa shape index (κ3) is 2.87. The number of hydrogen-bond acceptors (Lipinski definition) is 2. The third-order valence-corrected chi connectivity index (χ3v) is 1.78. The molecule has 0 unspecified atom stereocenters. The van der Waals surface area contributed by atoms with Gasteiger partial charge in [-0.2, -0.15) is 0 Å². The number of hydrogen-bond donors (Lipinski definition) is 1. The van der Waals surface area contributed by atoms with Gasteiger partial charge in [-0.25, -0.2) is 0 Å². The van der Waals surface area contributed by atoms with Crippen molar-refractivity contribution in [3.8, 4) is 0 Å². The molecule has 4 heteroatoms. The predicted octanol–water partition coefficient (Wildman–Crippen LogP) is 1.09. The average Bonchev–Trinajstić information content (AvgIpc) is 2.04. The molecule has 3 nitrogen and oxygen atoms in total. The maximum absolute atomic E-state index is 10.7. The molecule has 1 aromatic rings. The summed E-state index contributed by atoms with van der Waals surface area (Å²) in [5.74, 6) is -0.398. The molecule has 68 valence electrons. The van der Waals surface area contributed by atoms with Crippen LogP contribution in [-0.4, -0.2) is 11.1 Å². The molecular weight excluding hydrogens is 190 g/mol. The van der Waals surface area contributed by atoms with E-state index in [1.54, 1.807) is 24.3 Å². The van der Waals surface area contributed by atoms with Gasteiger partial charge in [0.05, 0.1) is 6.42 Å². The maximum Gasteiger partial charge on any atom is 0.252 e. The summed E-state index contributed by atoms with van der Waals surface area (Å²) in [5, 5.41) is -0.509. The van der Waals surface area contributed by atoms with Crippen LogP contribution in [0.1, 0.15) is 15.9 Å². The van der Waals surface area contributed by atoms with Gasteiger partial charge in [-0.05, 0) is 29.3 Å². The van der Waals surface area contributed by atoms with Crippen LogP contribution in [0.2, 0.25) is 0 Å². The zero-order valence-corrected chi connectivity index (χ0v) is 7.54. The van der Waals surface area contributed by atoms with Gasteiger partial charge >= 0.3 is 0 Å². The number of halogens is 1. The normalized spacial score (nSPS) is 9.62. The van der Waals surface area contributed by atoms with Crippen LogP contribution in [0.5, 0.6) is 0 Å². The zero-order chi connectivity index (χ0) is 9.84. The monoisotopic (exact) mass is 197 g/mol. The standard InChI is InChI=1S/C9H8ClNO2/c10-9(13)7-3-1-6(2-4-7)5-8(11)12/h1-4H,5H2,(H2,11,12). The van der Waals surface area contributed by atoms with Crippen molar-refractivity contribution in [2.45, 2.75) is 6.42 Å². The Bertz CT molecular complexity index is 332. The summed E-state index contributed by atoms with van der Waals surface area (Å²) in [7, 11) is 0. The van der Waals surface area contributed by atoms with Gasteiger partial charge in [0, 0.05) is 5.56 Å². The first-order valence-electron chi connectivity index (χ1n) is 3.66. The fourth-order valence-electron chi connectivity index (χ4n) is 0.955. The van der Waals surface area contributed by atoms with E-state index in [1.165, 1.54) is 0 Å². The third-order valence-electron chi connectivity index (χ3n) is 1.56. The minimum Gasteiger partial charge on any atom is -0.369 e. The van der Waals surface area contributed by atoms with E-state index < -0.39 is 11.1 Å². The van der Waals surface area contributed by atoms with E-state index >= 15 is 0 Å². The lowest BCUT2D eigenvalue weighted by atomic mass is 10.1. The van der Waals surface area contributed by atoms with Crippen molar-refractivity contribution >= 4 is 22.8 Å². The minimum atomic E-state index is -0.509. The number of primary amides is 1. The van der Waals surface area contributed by atoms with E-state index in [-0.39, 0.29) is 6.42 Å². The molecule has 0 aliphatic heterocycles. The number of nitrogens with two attached hydrogens (primary N) is 1. The van der Waals surface area contributed by atoms with Crippen LogP contribution in [0.25, 0.3) is 0 Å². The Labute approximate surface area is 80.5 Å². The van der Waals surface area contributed by atoms with Gasteiger partial charge in [-0.15, -0.1) is 0 Å². The molecule has 0 aliphatic carbocycles. The van der Waals surface area contributed by atoms with Crippen LogP contribution in [-0.2, 0) is 11.2 Å². The Hall–Kier alpha value is -1.35. The highest BCUT2D eigenvalue weighted by molar-refractivity contribution is 6.67. The van der Waals surface area contributed by atoms with E-state index in [9.17, 15) is 9.59 Å².